The summed E-state index contributed by atoms with van der Waals surface area (Å²) < 4.78 is 2.32. The first-order chi connectivity index (χ1) is 12.9. The molecule has 1 aromatic heterocycles. The molecule has 1 saturated heterocycles. The van der Waals surface area contributed by atoms with E-state index in [1.807, 2.05) is 11.0 Å². The van der Waals surface area contributed by atoms with Crippen LogP contribution in [-0.4, -0.2) is 22.0 Å². The van der Waals surface area contributed by atoms with Crippen LogP contribution in [0.25, 0.3) is 11.0 Å². The number of fused-ring (bicyclic) bond motifs is 1. The zero-order valence-corrected chi connectivity index (χ0v) is 16.6. The molecule has 0 radical (unpaired) electrons. The molecule has 1 fully saturated rings. The van der Waals surface area contributed by atoms with E-state index in [9.17, 15) is 4.79 Å². The quantitative estimate of drug-likeness (QED) is 0.667. The molecule has 4 heteroatoms. The van der Waals surface area contributed by atoms with Crippen molar-refractivity contribution in [1.82, 2.24) is 9.55 Å². The molecular formula is C23H27N3O. The molecule has 0 aliphatic carbocycles. The summed E-state index contributed by atoms with van der Waals surface area (Å²) in [6, 6.07) is 14.6. The van der Waals surface area contributed by atoms with Crippen molar-refractivity contribution in [2.75, 3.05) is 11.4 Å². The molecule has 0 N–H and O–H groups in total. The first kappa shape index (κ1) is 17.8. The highest BCUT2D eigenvalue weighted by atomic mass is 16.2. The Hall–Kier alpha value is -2.62. The molecule has 140 valence electrons. The Morgan fingerprint density at radius 1 is 1.11 bits per heavy atom. The van der Waals surface area contributed by atoms with Crippen LogP contribution in [0.4, 0.5) is 5.69 Å². The van der Waals surface area contributed by atoms with E-state index in [2.05, 4.69) is 68.7 Å². The highest BCUT2D eigenvalue weighted by Gasteiger charge is 2.35. The van der Waals surface area contributed by atoms with Crippen LogP contribution in [0.3, 0.4) is 0 Å². The molecule has 1 aliphatic heterocycles. The van der Waals surface area contributed by atoms with Gasteiger partial charge in [0.25, 0.3) is 0 Å². The Labute approximate surface area is 160 Å². The molecule has 27 heavy (non-hydrogen) atoms. The average Bonchev–Trinajstić information content (AvgIpc) is 3.15. The van der Waals surface area contributed by atoms with Crippen molar-refractivity contribution in [3.05, 3.63) is 59.4 Å². The summed E-state index contributed by atoms with van der Waals surface area (Å²) in [5.41, 5.74) is 5.57. The fraction of sp³-hybridized carbons (Fsp3) is 0.391. The Bertz CT molecular complexity index is 982. The molecule has 4 rings (SSSR count). The third-order valence-electron chi connectivity index (χ3n) is 5.24. The number of hydrogen-bond donors (Lipinski definition) is 0. The maximum Gasteiger partial charge on any atom is 0.227 e. The molecule has 0 spiro atoms. The van der Waals surface area contributed by atoms with Crippen molar-refractivity contribution in [1.29, 1.82) is 0 Å². The number of imidazole rings is 1. The van der Waals surface area contributed by atoms with Gasteiger partial charge in [-0.05, 0) is 55.2 Å². The number of aromatic nitrogens is 2. The van der Waals surface area contributed by atoms with Crippen LogP contribution in [0.2, 0.25) is 0 Å². The average molecular weight is 361 g/mol. The second-order valence-electron chi connectivity index (χ2n) is 8.21. The second kappa shape index (κ2) is 6.84. The minimum Gasteiger partial charge on any atom is -0.327 e. The van der Waals surface area contributed by atoms with Gasteiger partial charge in [-0.15, -0.1) is 0 Å². The third kappa shape index (κ3) is 3.36. The van der Waals surface area contributed by atoms with Crippen molar-refractivity contribution in [2.45, 2.75) is 46.6 Å². The molecule has 3 aromatic rings. The summed E-state index contributed by atoms with van der Waals surface area (Å²) in [5, 5.41) is 0. The Morgan fingerprint density at radius 2 is 1.81 bits per heavy atom. The molecule has 2 heterocycles. The van der Waals surface area contributed by atoms with E-state index in [0.29, 0.717) is 18.9 Å². The van der Waals surface area contributed by atoms with Gasteiger partial charge < -0.3 is 9.47 Å². The predicted molar refractivity (Wildman–Crippen MR) is 110 cm³/mol. The second-order valence-corrected chi connectivity index (χ2v) is 8.21. The number of nitrogens with zero attached hydrogens (tertiary/aromatic N) is 3. The fourth-order valence-electron chi connectivity index (χ4n) is 4.20. The molecule has 1 amide bonds. The number of aryl methyl sites for hydroxylation is 2. The van der Waals surface area contributed by atoms with Gasteiger partial charge in [0.05, 0.1) is 11.0 Å². The van der Waals surface area contributed by atoms with Gasteiger partial charge in [-0.25, -0.2) is 4.98 Å². The number of amides is 1. The zero-order valence-electron chi connectivity index (χ0n) is 16.6. The van der Waals surface area contributed by atoms with Gasteiger partial charge in [0.15, 0.2) is 0 Å². The van der Waals surface area contributed by atoms with Crippen LogP contribution in [0.5, 0.6) is 0 Å². The summed E-state index contributed by atoms with van der Waals surface area (Å²) >= 11 is 0. The number of benzene rings is 2. The van der Waals surface area contributed by atoms with E-state index in [4.69, 9.17) is 4.98 Å². The normalized spacial score (nSPS) is 17.4. The lowest BCUT2D eigenvalue weighted by molar-refractivity contribution is -0.117. The summed E-state index contributed by atoms with van der Waals surface area (Å²) in [5.74, 6) is 1.89. The van der Waals surface area contributed by atoms with Crippen molar-refractivity contribution in [2.24, 2.45) is 5.92 Å². The van der Waals surface area contributed by atoms with Gasteiger partial charge >= 0.3 is 0 Å². The molecule has 2 aromatic carbocycles. The van der Waals surface area contributed by atoms with Gasteiger partial charge in [-0.3, -0.25) is 4.79 Å². The molecule has 0 bridgehead atoms. The minimum absolute atomic E-state index is 0.129. The number of para-hydroxylation sites is 2. The molecule has 1 aliphatic rings. The number of carbonyl (C=O) groups is 1. The number of hydrogen-bond acceptors (Lipinski definition) is 2. The first-order valence-corrected chi connectivity index (χ1v) is 9.76. The third-order valence-corrected chi connectivity index (χ3v) is 5.24. The number of carbonyl (C=O) groups excluding carboxylic acids is 1. The topological polar surface area (TPSA) is 38.1 Å². The van der Waals surface area contributed by atoms with Gasteiger partial charge in [0, 0.05) is 31.1 Å². The van der Waals surface area contributed by atoms with Crippen molar-refractivity contribution in [3.63, 3.8) is 0 Å². The summed E-state index contributed by atoms with van der Waals surface area (Å²) in [4.78, 5) is 19.7. The van der Waals surface area contributed by atoms with Crippen molar-refractivity contribution in [3.8, 4) is 0 Å². The maximum absolute atomic E-state index is 12.8. The van der Waals surface area contributed by atoms with E-state index in [1.54, 1.807) is 0 Å². The smallest absolute Gasteiger partial charge is 0.227 e. The Kier molecular flexibility index (Phi) is 4.50. The summed E-state index contributed by atoms with van der Waals surface area (Å²) in [6.45, 7) is 10.2. The molecule has 4 nitrogen and oxygen atoms in total. The van der Waals surface area contributed by atoms with Gasteiger partial charge in [0.2, 0.25) is 5.91 Å². The summed E-state index contributed by atoms with van der Waals surface area (Å²) in [7, 11) is 0. The van der Waals surface area contributed by atoms with E-state index in [0.717, 1.165) is 23.6 Å². The lowest BCUT2D eigenvalue weighted by Crippen LogP contribution is -2.24. The van der Waals surface area contributed by atoms with Crippen LogP contribution in [0, 0.1) is 19.8 Å². The predicted octanol–water partition coefficient (Wildman–Crippen LogP) is 4.83. The van der Waals surface area contributed by atoms with Crippen molar-refractivity contribution >= 4 is 22.6 Å². The van der Waals surface area contributed by atoms with Crippen LogP contribution in [-0.2, 0) is 11.3 Å². The molecule has 0 unspecified atom stereocenters. The van der Waals surface area contributed by atoms with E-state index >= 15 is 0 Å². The molecule has 1 atom stereocenters. The summed E-state index contributed by atoms with van der Waals surface area (Å²) in [6.07, 6.45) is 0.522. The minimum atomic E-state index is 0.129. The van der Waals surface area contributed by atoms with E-state index < -0.39 is 0 Å². The van der Waals surface area contributed by atoms with Crippen LogP contribution < -0.4 is 4.90 Å². The number of anilines is 1. The van der Waals surface area contributed by atoms with Crippen LogP contribution in [0.15, 0.2) is 42.5 Å². The van der Waals surface area contributed by atoms with Crippen molar-refractivity contribution < 1.29 is 4.79 Å². The van der Waals surface area contributed by atoms with Gasteiger partial charge in [0.1, 0.15) is 5.82 Å². The molecular weight excluding hydrogens is 334 g/mol. The fourth-order valence-corrected chi connectivity index (χ4v) is 4.20. The first-order valence-electron chi connectivity index (χ1n) is 9.76. The lowest BCUT2D eigenvalue weighted by Gasteiger charge is -2.19. The maximum atomic E-state index is 12.8. The Balaban J connectivity index is 1.71. The van der Waals surface area contributed by atoms with Crippen LogP contribution >= 0.6 is 0 Å². The van der Waals surface area contributed by atoms with Gasteiger partial charge in [-0.2, -0.15) is 0 Å². The molecule has 0 saturated carbocycles. The van der Waals surface area contributed by atoms with E-state index in [1.165, 1.54) is 16.6 Å². The zero-order chi connectivity index (χ0) is 19.1. The number of rotatable bonds is 4. The highest BCUT2D eigenvalue weighted by molar-refractivity contribution is 5.96. The standard InChI is InChI=1S/C23H27N3O/c1-15(2)13-26-21-8-6-5-7-20(21)24-23(26)18-12-22(27)25(14-18)19-10-16(3)9-17(4)11-19/h5-11,15,18H,12-14H2,1-4H3/t18-/m1/s1. The Morgan fingerprint density at radius 3 is 2.52 bits per heavy atom. The largest absolute Gasteiger partial charge is 0.327 e. The lowest BCUT2D eigenvalue weighted by atomic mass is 10.1. The van der Waals surface area contributed by atoms with Gasteiger partial charge in [-0.1, -0.05) is 32.0 Å². The van der Waals surface area contributed by atoms with E-state index in [-0.39, 0.29) is 11.8 Å². The monoisotopic (exact) mass is 361 g/mol. The highest BCUT2D eigenvalue weighted by Crippen LogP contribution is 2.34. The SMILES string of the molecule is Cc1cc(C)cc(N2C[C@H](c3nc4ccccc4n3CC(C)C)CC2=O)c1. The van der Waals surface area contributed by atoms with Crippen LogP contribution in [0.1, 0.15) is 43.1 Å².